The lowest BCUT2D eigenvalue weighted by molar-refractivity contribution is -0.332. The quantitative estimate of drug-likeness (QED) is 0.348. The molecule has 154 valence electrons. The topological polar surface area (TPSA) is 120 Å². The first-order valence-corrected chi connectivity index (χ1v) is 9.44. The predicted octanol–water partition coefficient (Wildman–Crippen LogP) is 3.95. The maximum Gasteiger partial charge on any atom is 0.538 e. The van der Waals surface area contributed by atoms with E-state index in [1.54, 1.807) is 0 Å². The van der Waals surface area contributed by atoms with Crippen LogP contribution >= 0.6 is 0 Å². The van der Waals surface area contributed by atoms with Crippen LogP contribution in [0.5, 0.6) is 0 Å². The molecule has 1 amide bonds. The molecule has 0 spiro atoms. The number of unbranched alkanes of at least 4 members (excludes halogenated alkanes) is 1. The third-order valence-electron chi connectivity index (χ3n) is 4.82. The van der Waals surface area contributed by atoms with Gasteiger partial charge in [0.15, 0.2) is 0 Å². The molecule has 0 saturated heterocycles. The number of carboxylic acid groups (broad SMARTS) is 1. The van der Waals surface area contributed by atoms with E-state index in [2.05, 4.69) is 10.2 Å². The molecule has 0 heterocycles. The minimum absolute atomic E-state index is 0.101. The summed E-state index contributed by atoms with van der Waals surface area (Å²) in [5.41, 5.74) is 10.3. The van der Waals surface area contributed by atoms with Crippen LogP contribution < -0.4 is 11.1 Å². The van der Waals surface area contributed by atoms with Gasteiger partial charge in [-0.05, 0) is 28.7 Å². The van der Waals surface area contributed by atoms with E-state index in [9.17, 15) is 9.59 Å². The molecule has 1 aliphatic carbocycles. The lowest BCUT2D eigenvalue weighted by Crippen LogP contribution is -2.58. The molecular weight excluding hydrogens is 376 g/mol. The molecule has 2 aromatic rings. The Balaban J connectivity index is 1.67. The van der Waals surface area contributed by atoms with Crippen LogP contribution in [0.2, 0.25) is 0 Å². The van der Waals surface area contributed by atoms with Crippen molar-refractivity contribution in [2.24, 2.45) is 5.73 Å². The Morgan fingerprint density at radius 3 is 2.24 bits per heavy atom. The Kier molecular flexibility index (Phi) is 6.36. The van der Waals surface area contributed by atoms with E-state index in [0.29, 0.717) is 6.42 Å². The van der Waals surface area contributed by atoms with Gasteiger partial charge in [0.25, 0.3) is 0 Å². The number of amides is 1. The fourth-order valence-electron chi connectivity index (χ4n) is 3.48. The number of carbonyl (C=O) groups excluding carboxylic acids is 1. The van der Waals surface area contributed by atoms with E-state index in [1.807, 2.05) is 55.5 Å². The van der Waals surface area contributed by atoms with Crippen LogP contribution in [-0.2, 0) is 14.5 Å². The van der Waals surface area contributed by atoms with Crippen LogP contribution in [0.25, 0.3) is 11.1 Å². The van der Waals surface area contributed by atoms with Gasteiger partial charge in [-0.3, -0.25) is 15.9 Å². The van der Waals surface area contributed by atoms with Crippen molar-refractivity contribution in [3.63, 3.8) is 0 Å². The smallest absolute Gasteiger partial charge is 0.448 e. The fourth-order valence-corrected chi connectivity index (χ4v) is 3.48. The van der Waals surface area contributed by atoms with Crippen molar-refractivity contribution in [2.75, 3.05) is 6.61 Å². The fraction of sp³-hybridized carbons (Fsp3) is 0.333. The molecular formula is C21H24N2O6. The van der Waals surface area contributed by atoms with E-state index in [0.717, 1.165) is 28.7 Å². The molecule has 3 rings (SSSR count). The summed E-state index contributed by atoms with van der Waals surface area (Å²) in [5, 5.41) is 11.0. The Morgan fingerprint density at radius 2 is 1.69 bits per heavy atom. The van der Waals surface area contributed by atoms with Crippen molar-refractivity contribution in [1.82, 2.24) is 5.32 Å². The highest BCUT2D eigenvalue weighted by Crippen LogP contribution is 2.44. The lowest BCUT2D eigenvalue weighted by atomic mass is 9.98. The highest BCUT2D eigenvalue weighted by Gasteiger charge is 2.33. The minimum Gasteiger partial charge on any atom is -0.448 e. The van der Waals surface area contributed by atoms with E-state index < -0.39 is 18.1 Å². The molecule has 8 heteroatoms. The van der Waals surface area contributed by atoms with Crippen molar-refractivity contribution < 1.29 is 29.2 Å². The third kappa shape index (κ3) is 4.85. The second kappa shape index (κ2) is 8.93. The van der Waals surface area contributed by atoms with Crippen molar-refractivity contribution in [2.45, 2.75) is 38.0 Å². The van der Waals surface area contributed by atoms with Crippen LogP contribution in [0.15, 0.2) is 48.5 Å². The van der Waals surface area contributed by atoms with Crippen molar-refractivity contribution >= 4 is 12.2 Å². The number of nitrogens with two attached hydrogens (primary N) is 1. The summed E-state index contributed by atoms with van der Waals surface area (Å²) in [5.74, 6) is -1.91. The molecule has 0 bridgehead atoms. The Hall–Kier alpha value is -3.10. The monoisotopic (exact) mass is 400 g/mol. The average molecular weight is 400 g/mol. The van der Waals surface area contributed by atoms with Gasteiger partial charge in [0, 0.05) is 12.3 Å². The van der Waals surface area contributed by atoms with Gasteiger partial charge in [-0.2, -0.15) is 0 Å². The molecule has 0 aliphatic heterocycles. The maximum atomic E-state index is 12.4. The number of benzene rings is 2. The molecule has 0 fully saturated rings. The van der Waals surface area contributed by atoms with Crippen LogP contribution in [-0.4, -0.2) is 29.8 Å². The van der Waals surface area contributed by atoms with Crippen molar-refractivity contribution in [3.8, 4) is 11.1 Å². The van der Waals surface area contributed by atoms with Gasteiger partial charge in [0.05, 0.1) is 0 Å². The van der Waals surface area contributed by atoms with Gasteiger partial charge >= 0.3 is 12.2 Å². The normalized spacial score (nSPS) is 14.4. The molecule has 1 unspecified atom stereocenters. The first-order valence-electron chi connectivity index (χ1n) is 9.44. The lowest BCUT2D eigenvalue weighted by Gasteiger charge is -2.27. The van der Waals surface area contributed by atoms with Gasteiger partial charge in [-0.15, -0.1) is 4.89 Å². The van der Waals surface area contributed by atoms with Crippen LogP contribution in [0.1, 0.15) is 43.2 Å². The number of hydrogen-bond donors (Lipinski definition) is 3. The van der Waals surface area contributed by atoms with E-state index >= 15 is 0 Å². The highest BCUT2D eigenvalue weighted by atomic mass is 17.2. The number of fused-ring (bicyclic) bond motifs is 3. The summed E-state index contributed by atoms with van der Waals surface area (Å²) in [7, 11) is 0. The molecule has 8 nitrogen and oxygen atoms in total. The zero-order valence-corrected chi connectivity index (χ0v) is 16.1. The SMILES string of the molecule is CCCCC(N)(NC(=O)OCC1c2ccccc2-c2ccccc21)OOC(=O)O. The predicted molar refractivity (Wildman–Crippen MR) is 105 cm³/mol. The van der Waals surface area contributed by atoms with Crippen LogP contribution in [0, 0.1) is 0 Å². The second-order valence-electron chi connectivity index (χ2n) is 6.88. The molecule has 29 heavy (non-hydrogen) atoms. The van der Waals surface area contributed by atoms with Gasteiger partial charge in [-0.25, -0.2) is 9.59 Å². The van der Waals surface area contributed by atoms with Gasteiger partial charge in [0.1, 0.15) is 6.61 Å². The Bertz CT molecular complexity index is 841. The number of hydrogen-bond acceptors (Lipinski definition) is 6. The maximum absolute atomic E-state index is 12.4. The summed E-state index contributed by atoms with van der Waals surface area (Å²) in [6.45, 7) is 2.02. The van der Waals surface area contributed by atoms with E-state index in [-0.39, 0.29) is 18.9 Å². The highest BCUT2D eigenvalue weighted by molar-refractivity contribution is 5.79. The summed E-state index contributed by atoms with van der Waals surface area (Å²) in [6.07, 6.45) is -0.976. The van der Waals surface area contributed by atoms with Gasteiger partial charge in [0.2, 0.25) is 5.85 Å². The van der Waals surface area contributed by atoms with Crippen molar-refractivity contribution in [3.05, 3.63) is 59.7 Å². The first kappa shape index (κ1) is 20.6. The molecule has 1 aliphatic rings. The number of carbonyl (C=O) groups is 2. The molecule has 0 radical (unpaired) electrons. The number of ether oxygens (including phenoxy) is 1. The number of alkyl carbamates (subject to hydrolysis) is 1. The van der Waals surface area contributed by atoms with Crippen LogP contribution in [0.4, 0.5) is 9.59 Å². The Labute approximate surface area is 168 Å². The third-order valence-corrected chi connectivity index (χ3v) is 4.82. The van der Waals surface area contributed by atoms with Crippen molar-refractivity contribution in [1.29, 1.82) is 0 Å². The Morgan fingerprint density at radius 1 is 1.10 bits per heavy atom. The average Bonchev–Trinajstić information content (AvgIpc) is 3.03. The molecule has 4 N–H and O–H groups in total. The summed E-state index contributed by atoms with van der Waals surface area (Å²) in [4.78, 5) is 31.8. The van der Waals surface area contributed by atoms with E-state index in [4.69, 9.17) is 20.5 Å². The van der Waals surface area contributed by atoms with E-state index in [1.165, 1.54) is 0 Å². The number of rotatable bonds is 8. The van der Waals surface area contributed by atoms with Gasteiger partial charge < -0.3 is 9.84 Å². The minimum atomic E-state index is -1.81. The summed E-state index contributed by atoms with van der Waals surface area (Å²) in [6, 6.07) is 16.0. The molecule has 0 aromatic heterocycles. The van der Waals surface area contributed by atoms with Gasteiger partial charge in [-0.1, -0.05) is 61.9 Å². The molecule has 1 atom stereocenters. The molecule has 2 aromatic carbocycles. The zero-order valence-electron chi connectivity index (χ0n) is 16.1. The summed E-state index contributed by atoms with van der Waals surface area (Å²) >= 11 is 0. The van der Waals surface area contributed by atoms with Crippen LogP contribution in [0.3, 0.4) is 0 Å². The zero-order chi connectivity index (χ0) is 20.9. The largest absolute Gasteiger partial charge is 0.538 e. The molecule has 0 saturated carbocycles. The summed E-state index contributed by atoms with van der Waals surface area (Å²) < 4.78 is 5.41. The number of nitrogens with one attached hydrogen (secondary N) is 1. The second-order valence-corrected chi connectivity index (χ2v) is 6.88. The standard InChI is InChI=1S/C21H24N2O6/c1-2-3-12-21(22,29-28-20(25)26)23-19(24)27-13-18-16-10-6-4-8-14(16)15-9-5-7-11-17(15)18/h4-11,18H,2-3,12-13,22H2,1H3,(H,23,24)(H,25,26). The first-order chi connectivity index (χ1) is 13.9.